The first-order valence-corrected chi connectivity index (χ1v) is 13.8. The molecule has 2 aromatic carbocycles. The van der Waals surface area contributed by atoms with Crippen LogP contribution in [-0.4, -0.2) is 64.2 Å². The fourth-order valence-electron chi connectivity index (χ4n) is 6.15. The number of carbonyl (C=O) groups excluding carboxylic acids is 1. The lowest BCUT2D eigenvalue weighted by Crippen LogP contribution is -2.49. The number of anilines is 2. The van der Waals surface area contributed by atoms with E-state index in [1.54, 1.807) is 25.1 Å². The van der Waals surface area contributed by atoms with Crippen LogP contribution in [0.15, 0.2) is 58.5 Å². The van der Waals surface area contributed by atoms with Crippen molar-refractivity contribution in [2.45, 2.75) is 38.5 Å². The number of nitrogens with one attached hydrogen (secondary N) is 1. The molecule has 1 fully saturated rings. The Morgan fingerprint density at radius 1 is 1.23 bits per heavy atom. The highest BCUT2D eigenvalue weighted by Crippen LogP contribution is 2.44. The highest BCUT2D eigenvalue weighted by atomic mass is 19.4. The van der Waals surface area contributed by atoms with Crippen LogP contribution >= 0.6 is 0 Å². The van der Waals surface area contributed by atoms with Gasteiger partial charge in [-0.25, -0.2) is 19.3 Å². The van der Waals surface area contributed by atoms with Gasteiger partial charge in [0.1, 0.15) is 12.6 Å². The summed E-state index contributed by atoms with van der Waals surface area (Å²) in [6.07, 6.45) is -2.97. The van der Waals surface area contributed by atoms with Gasteiger partial charge in [0, 0.05) is 36.4 Å². The molecule has 0 unspecified atom stereocenters. The Kier molecular flexibility index (Phi) is 7.93. The molecule has 10 nitrogen and oxygen atoms in total. The van der Waals surface area contributed by atoms with Crippen molar-refractivity contribution in [3.63, 3.8) is 0 Å². The smallest absolute Gasteiger partial charge is 0.416 e. The molecule has 226 valence electrons. The van der Waals surface area contributed by atoms with Crippen molar-refractivity contribution in [3.05, 3.63) is 86.5 Å². The minimum atomic E-state index is -4.62. The maximum absolute atomic E-state index is 13.6. The van der Waals surface area contributed by atoms with Crippen molar-refractivity contribution in [3.8, 4) is 6.07 Å². The van der Waals surface area contributed by atoms with E-state index in [2.05, 4.69) is 23.3 Å². The van der Waals surface area contributed by atoms with Gasteiger partial charge in [-0.3, -0.25) is 4.90 Å². The number of aromatic amines is 1. The second kappa shape index (κ2) is 11.3. The summed E-state index contributed by atoms with van der Waals surface area (Å²) in [6, 6.07) is 10.7. The number of aliphatic hydroxyl groups is 1. The second-order valence-electron chi connectivity index (χ2n) is 11.4. The minimum absolute atomic E-state index is 0.000979. The number of ether oxygens (including phenoxy) is 1. The van der Waals surface area contributed by atoms with Gasteiger partial charge < -0.3 is 14.3 Å². The van der Waals surface area contributed by atoms with Gasteiger partial charge in [0.2, 0.25) is 5.95 Å². The zero-order valence-corrected chi connectivity index (χ0v) is 24.0. The number of esters is 1. The summed E-state index contributed by atoms with van der Waals surface area (Å²) >= 11 is 0. The standard InChI is InChI=1S/C30H31F3N6O4/c1-18-25(27(41)43-3)26(24-8-7-20(15-34)13-21(24)16-39(2)11-9-19(17-40)10-12-39)38-28(35-36-29(38)42)37(18)23-6-4-5-22(14-23)30(31,32)33/h4-8,13-14,19,26,40H,9-12,16-17H2,1-3H3/p+1/t19?,26-,39?/m1/s1. The molecule has 0 aliphatic carbocycles. The average molecular weight is 598 g/mol. The molecule has 1 aromatic heterocycles. The van der Waals surface area contributed by atoms with E-state index in [4.69, 9.17) is 4.74 Å². The predicted octanol–water partition coefficient (Wildman–Crippen LogP) is 4.00. The molecule has 2 aliphatic rings. The maximum Gasteiger partial charge on any atom is 0.416 e. The predicted molar refractivity (Wildman–Crippen MR) is 150 cm³/mol. The quantitative estimate of drug-likeness (QED) is 0.325. The lowest BCUT2D eigenvalue weighted by atomic mass is 9.88. The molecule has 1 saturated heterocycles. The van der Waals surface area contributed by atoms with Crippen molar-refractivity contribution in [2.24, 2.45) is 5.92 Å². The molecule has 5 rings (SSSR count). The fourth-order valence-corrected chi connectivity index (χ4v) is 6.15. The highest BCUT2D eigenvalue weighted by Gasteiger charge is 2.42. The number of allylic oxidation sites excluding steroid dienone is 1. The van der Waals surface area contributed by atoms with Crippen LogP contribution in [0.2, 0.25) is 0 Å². The van der Waals surface area contributed by atoms with E-state index in [1.165, 1.54) is 28.7 Å². The van der Waals surface area contributed by atoms with E-state index >= 15 is 0 Å². The maximum atomic E-state index is 13.6. The van der Waals surface area contributed by atoms with Crippen LogP contribution in [0.3, 0.4) is 0 Å². The molecule has 0 radical (unpaired) electrons. The van der Waals surface area contributed by atoms with Gasteiger partial charge in [0.05, 0.1) is 50.0 Å². The number of fused-ring (bicyclic) bond motifs is 1. The van der Waals surface area contributed by atoms with Crippen molar-refractivity contribution in [1.82, 2.24) is 14.8 Å². The monoisotopic (exact) mass is 597 g/mol. The SMILES string of the molecule is COC(=O)C1=C(C)N(c2cccc(C(F)(F)F)c2)c2n[nH]c(=O)n2[C@@H]1c1ccc(C#N)cc1C[N+]1(C)CCC(CO)CC1. The Hall–Kier alpha value is -4.41. The van der Waals surface area contributed by atoms with Crippen LogP contribution < -0.4 is 10.6 Å². The number of nitriles is 1. The highest BCUT2D eigenvalue weighted by molar-refractivity contribution is 5.93. The lowest BCUT2D eigenvalue weighted by Gasteiger charge is -2.41. The minimum Gasteiger partial charge on any atom is -0.466 e. The summed E-state index contributed by atoms with van der Waals surface area (Å²) in [4.78, 5) is 28.1. The third kappa shape index (κ3) is 5.55. The lowest BCUT2D eigenvalue weighted by molar-refractivity contribution is -0.928. The van der Waals surface area contributed by atoms with Gasteiger partial charge >= 0.3 is 17.8 Å². The average Bonchev–Trinajstić information content (AvgIpc) is 3.36. The van der Waals surface area contributed by atoms with Crippen molar-refractivity contribution in [2.75, 3.05) is 38.8 Å². The Balaban J connectivity index is 1.70. The number of aromatic nitrogens is 3. The summed E-state index contributed by atoms with van der Waals surface area (Å²) < 4.78 is 47.9. The molecule has 0 saturated carbocycles. The molecule has 13 heteroatoms. The van der Waals surface area contributed by atoms with E-state index in [-0.39, 0.29) is 35.4 Å². The number of piperidine rings is 1. The number of likely N-dealkylation sites (tertiary alicyclic amines) is 1. The van der Waals surface area contributed by atoms with Gasteiger partial charge in [-0.1, -0.05) is 12.1 Å². The number of hydrogen-bond acceptors (Lipinski definition) is 7. The Morgan fingerprint density at radius 2 is 1.95 bits per heavy atom. The zero-order valence-electron chi connectivity index (χ0n) is 24.0. The second-order valence-corrected chi connectivity index (χ2v) is 11.4. The molecule has 3 heterocycles. The molecule has 0 bridgehead atoms. The number of hydrogen-bond donors (Lipinski definition) is 2. The number of aliphatic hydroxyl groups excluding tert-OH is 1. The summed E-state index contributed by atoms with van der Waals surface area (Å²) in [7, 11) is 3.28. The van der Waals surface area contributed by atoms with E-state index in [0.29, 0.717) is 22.2 Å². The van der Waals surface area contributed by atoms with Crippen LogP contribution in [0.1, 0.15) is 48.1 Å². The van der Waals surface area contributed by atoms with Crippen LogP contribution in [0.5, 0.6) is 0 Å². The van der Waals surface area contributed by atoms with Gasteiger partial charge in [0.15, 0.2) is 0 Å². The Labute approximate surface area is 245 Å². The molecule has 3 aromatic rings. The number of benzene rings is 2. The number of carbonyl (C=O) groups is 1. The van der Waals surface area contributed by atoms with Crippen LogP contribution in [-0.2, 0) is 22.3 Å². The Bertz CT molecular complexity index is 1680. The number of H-pyrrole nitrogens is 1. The van der Waals surface area contributed by atoms with Crippen LogP contribution in [0.25, 0.3) is 0 Å². The van der Waals surface area contributed by atoms with Gasteiger partial charge in [-0.05, 0) is 48.7 Å². The summed E-state index contributed by atoms with van der Waals surface area (Å²) in [5, 5.41) is 25.9. The number of quaternary nitrogens is 1. The first-order chi connectivity index (χ1) is 20.4. The van der Waals surface area contributed by atoms with E-state index < -0.39 is 29.4 Å². The molecular weight excluding hydrogens is 565 g/mol. The fraction of sp³-hybridized carbons (Fsp3) is 0.400. The zero-order chi connectivity index (χ0) is 31.1. The molecule has 2 N–H and O–H groups in total. The summed E-state index contributed by atoms with van der Waals surface area (Å²) in [5.41, 5.74) is 0.455. The first kappa shape index (κ1) is 30.1. The Morgan fingerprint density at radius 3 is 2.58 bits per heavy atom. The number of alkyl halides is 3. The molecule has 1 atom stereocenters. The van der Waals surface area contributed by atoms with Crippen molar-refractivity contribution < 1.29 is 32.3 Å². The summed E-state index contributed by atoms with van der Waals surface area (Å²) in [6.45, 7) is 3.74. The molecule has 43 heavy (non-hydrogen) atoms. The van der Waals surface area contributed by atoms with Crippen molar-refractivity contribution in [1.29, 1.82) is 5.26 Å². The van der Waals surface area contributed by atoms with Crippen LogP contribution in [0, 0.1) is 17.2 Å². The topological polar surface area (TPSA) is 124 Å². The normalized spacial score (nSPS) is 22.2. The molecule has 2 aliphatic heterocycles. The molecule has 0 spiro atoms. The van der Waals surface area contributed by atoms with E-state index in [9.17, 15) is 33.1 Å². The van der Waals surface area contributed by atoms with Gasteiger partial charge in [0.25, 0.3) is 0 Å². The van der Waals surface area contributed by atoms with Crippen molar-refractivity contribution >= 4 is 17.6 Å². The van der Waals surface area contributed by atoms with E-state index in [1.807, 2.05) is 0 Å². The van der Waals surface area contributed by atoms with Gasteiger partial charge in [-0.2, -0.15) is 18.4 Å². The van der Waals surface area contributed by atoms with Crippen LogP contribution in [0.4, 0.5) is 24.8 Å². The molecular formula is C30H32F3N6O4+. The number of halogens is 3. The molecule has 0 amide bonds. The first-order valence-electron chi connectivity index (χ1n) is 13.8. The largest absolute Gasteiger partial charge is 0.466 e. The summed E-state index contributed by atoms with van der Waals surface area (Å²) in [5.74, 6) is -0.545. The third-order valence-electron chi connectivity index (χ3n) is 8.51. The number of nitrogens with zero attached hydrogens (tertiary/aromatic N) is 5. The number of methoxy groups -OCH3 is 1. The van der Waals surface area contributed by atoms with E-state index in [0.717, 1.165) is 43.6 Å². The van der Waals surface area contributed by atoms with Gasteiger partial charge in [-0.15, -0.1) is 5.10 Å². The number of rotatable bonds is 6. The third-order valence-corrected chi connectivity index (χ3v) is 8.51.